The number of hydrogen-bond donors (Lipinski definition) is 2. The van der Waals surface area contributed by atoms with Gasteiger partial charge < -0.3 is 10.6 Å². The van der Waals surface area contributed by atoms with Gasteiger partial charge in [0, 0.05) is 5.69 Å². The maximum Gasteiger partial charge on any atom is 0.242 e. The summed E-state index contributed by atoms with van der Waals surface area (Å²) in [5, 5.41) is 6.28. The van der Waals surface area contributed by atoms with Crippen LogP contribution in [-0.2, 0) is 11.2 Å². The zero-order valence-electron chi connectivity index (χ0n) is 13.5. The smallest absolute Gasteiger partial charge is 0.242 e. The normalized spacial score (nSPS) is 13.2. The van der Waals surface area contributed by atoms with Crippen molar-refractivity contribution in [3.63, 3.8) is 0 Å². The van der Waals surface area contributed by atoms with Crippen molar-refractivity contribution in [1.82, 2.24) is 5.32 Å². The number of aryl methyl sites for hydroxylation is 1. The third-order valence-corrected chi connectivity index (χ3v) is 3.80. The monoisotopic (exact) mass is 296 g/mol. The number of anilines is 1. The third-order valence-electron chi connectivity index (χ3n) is 3.80. The second kappa shape index (κ2) is 7.64. The Bertz CT molecular complexity index is 593. The van der Waals surface area contributed by atoms with Gasteiger partial charge in [-0.05, 0) is 43.5 Å². The van der Waals surface area contributed by atoms with Crippen LogP contribution in [-0.4, -0.2) is 11.9 Å². The molecule has 2 rings (SSSR count). The molecule has 0 saturated carbocycles. The molecule has 0 heterocycles. The minimum absolute atomic E-state index is 0.000386. The van der Waals surface area contributed by atoms with Crippen LogP contribution in [0.3, 0.4) is 0 Å². The van der Waals surface area contributed by atoms with Crippen LogP contribution in [0.15, 0.2) is 54.6 Å². The van der Waals surface area contributed by atoms with Crippen molar-refractivity contribution in [1.29, 1.82) is 0 Å². The van der Waals surface area contributed by atoms with Crippen molar-refractivity contribution in [2.45, 2.75) is 39.3 Å². The lowest BCUT2D eigenvalue weighted by Crippen LogP contribution is -2.38. The van der Waals surface area contributed by atoms with E-state index in [1.165, 1.54) is 5.56 Å². The number of carbonyl (C=O) groups is 1. The van der Waals surface area contributed by atoms with E-state index in [1.807, 2.05) is 56.3 Å². The van der Waals surface area contributed by atoms with Gasteiger partial charge in [0.2, 0.25) is 5.91 Å². The molecule has 0 saturated heterocycles. The summed E-state index contributed by atoms with van der Waals surface area (Å²) in [5.74, 6) is -0.00378. The maximum atomic E-state index is 12.3. The Labute approximate surface area is 132 Å². The molecule has 2 aromatic carbocycles. The minimum Gasteiger partial charge on any atom is -0.374 e. The molecule has 0 unspecified atom stereocenters. The van der Waals surface area contributed by atoms with Crippen LogP contribution in [0.4, 0.5) is 5.69 Å². The van der Waals surface area contributed by atoms with E-state index in [-0.39, 0.29) is 18.0 Å². The first-order chi connectivity index (χ1) is 10.6. The number of rotatable bonds is 6. The molecule has 0 bridgehead atoms. The Hall–Kier alpha value is -2.29. The highest BCUT2D eigenvalue weighted by Crippen LogP contribution is 2.13. The first-order valence-corrected chi connectivity index (χ1v) is 7.81. The van der Waals surface area contributed by atoms with Gasteiger partial charge in [-0.25, -0.2) is 0 Å². The van der Waals surface area contributed by atoms with E-state index in [4.69, 9.17) is 0 Å². The number of amides is 1. The van der Waals surface area contributed by atoms with Crippen molar-refractivity contribution in [2.24, 2.45) is 0 Å². The quantitative estimate of drug-likeness (QED) is 0.848. The highest BCUT2D eigenvalue weighted by molar-refractivity contribution is 5.84. The molecule has 0 aliphatic carbocycles. The van der Waals surface area contributed by atoms with Crippen LogP contribution >= 0.6 is 0 Å². The molecule has 0 radical (unpaired) electrons. The maximum absolute atomic E-state index is 12.3. The molecule has 2 N–H and O–H groups in total. The van der Waals surface area contributed by atoms with Gasteiger partial charge in [0.15, 0.2) is 0 Å². The van der Waals surface area contributed by atoms with E-state index >= 15 is 0 Å². The SMILES string of the molecule is CCc1ccc(N[C@H](C)C(=O)N[C@H](C)c2ccccc2)cc1. The predicted octanol–water partition coefficient (Wildman–Crippen LogP) is 3.93. The van der Waals surface area contributed by atoms with Crippen molar-refractivity contribution < 1.29 is 4.79 Å². The lowest BCUT2D eigenvalue weighted by Gasteiger charge is -2.19. The van der Waals surface area contributed by atoms with Crippen LogP contribution in [0.25, 0.3) is 0 Å². The van der Waals surface area contributed by atoms with Gasteiger partial charge in [0.25, 0.3) is 0 Å². The molecule has 0 spiro atoms. The predicted molar refractivity (Wildman–Crippen MR) is 91.9 cm³/mol. The zero-order valence-corrected chi connectivity index (χ0v) is 13.5. The Morgan fingerprint density at radius 2 is 1.64 bits per heavy atom. The molecule has 1 amide bonds. The van der Waals surface area contributed by atoms with Crippen LogP contribution < -0.4 is 10.6 Å². The second-order valence-electron chi connectivity index (χ2n) is 5.56. The fraction of sp³-hybridized carbons (Fsp3) is 0.316. The van der Waals surface area contributed by atoms with Gasteiger partial charge in [-0.3, -0.25) is 4.79 Å². The highest BCUT2D eigenvalue weighted by atomic mass is 16.2. The number of nitrogens with one attached hydrogen (secondary N) is 2. The van der Waals surface area contributed by atoms with Gasteiger partial charge in [-0.15, -0.1) is 0 Å². The Morgan fingerprint density at radius 1 is 1.00 bits per heavy atom. The van der Waals surface area contributed by atoms with Crippen LogP contribution in [0, 0.1) is 0 Å². The van der Waals surface area contributed by atoms with Crippen molar-refractivity contribution >= 4 is 11.6 Å². The molecule has 2 aromatic rings. The molecule has 22 heavy (non-hydrogen) atoms. The molecule has 0 fully saturated rings. The first kappa shape index (κ1) is 16.1. The molecule has 0 aliphatic rings. The highest BCUT2D eigenvalue weighted by Gasteiger charge is 2.15. The molecular weight excluding hydrogens is 272 g/mol. The van der Waals surface area contributed by atoms with Crippen LogP contribution in [0.2, 0.25) is 0 Å². The molecule has 0 aliphatic heterocycles. The fourth-order valence-corrected chi connectivity index (χ4v) is 2.32. The number of benzene rings is 2. The standard InChI is InChI=1S/C19H24N2O/c1-4-16-10-12-18(13-11-16)20-15(3)19(22)21-14(2)17-8-6-5-7-9-17/h5-15,20H,4H2,1-3H3,(H,21,22)/t14-,15-/m1/s1. The molecule has 116 valence electrons. The average molecular weight is 296 g/mol. The summed E-state index contributed by atoms with van der Waals surface area (Å²) in [6.07, 6.45) is 1.02. The van der Waals surface area contributed by atoms with Gasteiger partial charge >= 0.3 is 0 Å². The van der Waals surface area contributed by atoms with Gasteiger partial charge in [-0.1, -0.05) is 49.4 Å². The topological polar surface area (TPSA) is 41.1 Å². The van der Waals surface area contributed by atoms with E-state index < -0.39 is 0 Å². The third kappa shape index (κ3) is 4.35. The summed E-state index contributed by atoms with van der Waals surface area (Å²) in [7, 11) is 0. The summed E-state index contributed by atoms with van der Waals surface area (Å²) < 4.78 is 0. The average Bonchev–Trinajstić information content (AvgIpc) is 2.56. The Balaban J connectivity index is 1.91. The summed E-state index contributed by atoms with van der Waals surface area (Å²) >= 11 is 0. The molecule has 2 atom stereocenters. The number of carbonyl (C=O) groups excluding carboxylic acids is 1. The van der Waals surface area contributed by atoms with Gasteiger partial charge in [-0.2, -0.15) is 0 Å². The van der Waals surface area contributed by atoms with E-state index in [9.17, 15) is 4.79 Å². The van der Waals surface area contributed by atoms with Crippen molar-refractivity contribution in [3.05, 3.63) is 65.7 Å². The van der Waals surface area contributed by atoms with Crippen LogP contribution in [0.1, 0.15) is 37.9 Å². The van der Waals surface area contributed by atoms with Crippen LogP contribution in [0.5, 0.6) is 0 Å². The van der Waals surface area contributed by atoms with Gasteiger partial charge in [0.1, 0.15) is 6.04 Å². The zero-order chi connectivity index (χ0) is 15.9. The summed E-state index contributed by atoms with van der Waals surface area (Å²) in [6, 6.07) is 17.9. The fourth-order valence-electron chi connectivity index (χ4n) is 2.32. The van der Waals surface area contributed by atoms with Gasteiger partial charge in [0.05, 0.1) is 6.04 Å². The minimum atomic E-state index is -0.279. The molecular formula is C19H24N2O. The van der Waals surface area contributed by atoms with E-state index in [0.29, 0.717) is 0 Å². The first-order valence-electron chi connectivity index (χ1n) is 7.81. The van der Waals surface area contributed by atoms with E-state index in [2.05, 4.69) is 29.7 Å². The van der Waals surface area contributed by atoms with E-state index in [1.54, 1.807) is 0 Å². The summed E-state index contributed by atoms with van der Waals surface area (Å²) in [6.45, 7) is 6.00. The second-order valence-corrected chi connectivity index (χ2v) is 5.56. The Morgan fingerprint density at radius 3 is 2.23 bits per heavy atom. The Kier molecular flexibility index (Phi) is 5.59. The van der Waals surface area contributed by atoms with E-state index in [0.717, 1.165) is 17.7 Å². The summed E-state index contributed by atoms with van der Waals surface area (Å²) in [5.41, 5.74) is 3.36. The molecule has 3 heteroatoms. The molecule has 0 aromatic heterocycles. The number of hydrogen-bond acceptors (Lipinski definition) is 2. The lowest BCUT2D eigenvalue weighted by molar-refractivity contribution is -0.122. The lowest BCUT2D eigenvalue weighted by atomic mass is 10.1. The largest absolute Gasteiger partial charge is 0.374 e. The summed E-state index contributed by atoms with van der Waals surface area (Å²) in [4.78, 5) is 12.3. The molecule has 3 nitrogen and oxygen atoms in total. The van der Waals surface area contributed by atoms with Crippen molar-refractivity contribution in [2.75, 3.05) is 5.32 Å². The van der Waals surface area contributed by atoms with Crippen molar-refractivity contribution in [3.8, 4) is 0 Å².